The minimum Gasteiger partial charge on any atom is -0.377 e. The molecule has 0 spiro atoms. The highest BCUT2D eigenvalue weighted by molar-refractivity contribution is 5.13. The summed E-state index contributed by atoms with van der Waals surface area (Å²) in [5, 5.41) is 10.2. The zero-order valence-corrected chi connectivity index (χ0v) is 8.88. The topological polar surface area (TPSA) is 20.2 Å². The smallest absolute Gasteiger partial charge is 0.128 e. The maximum absolute atomic E-state index is 10.2. The van der Waals surface area contributed by atoms with Crippen LogP contribution >= 0.6 is 0 Å². The van der Waals surface area contributed by atoms with E-state index in [2.05, 4.69) is 26.7 Å². The Hall–Kier alpha value is -0.480. The first-order chi connectivity index (χ1) is 5.99. The molecule has 0 radical (unpaired) electrons. The predicted octanol–water partition coefficient (Wildman–Crippen LogP) is 2.44. The van der Waals surface area contributed by atoms with E-state index in [9.17, 15) is 5.11 Å². The molecule has 13 heavy (non-hydrogen) atoms. The fraction of sp³-hybridized carbons (Fsp3) is 0.833. The summed E-state index contributed by atoms with van der Waals surface area (Å²) in [4.78, 5) is 0. The minimum atomic E-state index is -0.841. The molecule has 0 aromatic rings. The molecule has 3 atom stereocenters. The summed E-state index contributed by atoms with van der Waals surface area (Å²) in [6.07, 6.45) is 8.47. The first-order valence-electron chi connectivity index (χ1n) is 5.19. The number of rotatable bonds is 1. The van der Waals surface area contributed by atoms with E-state index >= 15 is 0 Å². The molecule has 0 heterocycles. The van der Waals surface area contributed by atoms with Crippen molar-refractivity contribution < 1.29 is 5.11 Å². The molecular weight excluding hydrogens is 160 g/mol. The van der Waals surface area contributed by atoms with Gasteiger partial charge in [0, 0.05) is 5.92 Å². The quantitative estimate of drug-likeness (QED) is 0.614. The lowest BCUT2D eigenvalue weighted by molar-refractivity contribution is -0.0325. The third kappa shape index (κ3) is 2.06. The highest BCUT2D eigenvalue weighted by Crippen LogP contribution is 2.40. The zero-order valence-electron chi connectivity index (χ0n) is 8.88. The van der Waals surface area contributed by atoms with E-state index in [1.54, 1.807) is 0 Å². The highest BCUT2D eigenvalue weighted by atomic mass is 16.3. The van der Waals surface area contributed by atoms with Gasteiger partial charge in [0.25, 0.3) is 0 Å². The average Bonchev–Trinajstić information content (AvgIpc) is 2.03. The van der Waals surface area contributed by atoms with E-state index in [0.29, 0.717) is 11.8 Å². The molecule has 0 unspecified atom stereocenters. The fourth-order valence-electron chi connectivity index (χ4n) is 2.54. The summed E-state index contributed by atoms with van der Waals surface area (Å²) in [6, 6.07) is 0. The monoisotopic (exact) mass is 180 g/mol. The van der Waals surface area contributed by atoms with Gasteiger partial charge in [0.15, 0.2) is 0 Å². The molecule has 1 aliphatic rings. The van der Waals surface area contributed by atoms with Crippen LogP contribution < -0.4 is 0 Å². The molecule has 0 aromatic heterocycles. The van der Waals surface area contributed by atoms with E-state index in [-0.39, 0.29) is 5.92 Å². The normalized spacial score (nSPS) is 40.3. The molecule has 0 saturated heterocycles. The van der Waals surface area contributed by atoms with Crippen LogP contribution in [-0.2, 0) is 0 Å². The van der Waals surface area contributed by atoms with Crippen molar-refractivity contribution in [2.45, 2.75) is 45.6 Å². The molecule has 0 aliphatic heterocycles. The van der Waals surface area contributed by atoms with E-state index in [1.807, 2.05) is 0 Å². The Bertz CT molecular complexity index is 214. The molecule has 1 aliphatic carbocycles. The first-order valence-corrected chi connectivity index (χ1v) is 5.19. The summed E-state index contributed by atoms with van der Waals surface area (Å²) in [5.41, 5.74) is -0.841. The second-order valence-corrected chi connectivity index (χ2v) is 4.81. The maximum atomic E-state index is 10.2. The van der Waals surface area contributed by atoms with Gasteiger partial charge < -0.3 is 5.11 Å². The van der Waals surface area contributed by atoms with Crippen molar-refractivity contribution in [1.29, 1.82) is 0 Å². The fourth-order valence-corrected chi connectivity index (χ4v) is 2.54. The molecule has 1 heteroatoms. The largest absolute Gasteiger partial charge is 0.377 e. The van der Waals surface area contributed by atoms with Crippen LogP contribution in [0.5, 0.6) is 0 Å². The van der Waals surface area contributed by atoms with Crippen LogP contribution in [-0.4, -0.2) is 10.7 Å². The van der Waals surface area contributed by atoms with Crippen molar-refractivity contribution in [1.82, 2.24) is 0 Å². The summed E-state index contributed by atoms with van der Waals surface area (Å²) in [6.45, 7) is 6.45. The third-order valence-electron chi connectivity index (χ3n) is 3.30. The third-order valence-corrected chi connectivity index (χ3v) is 3.30. The van der Waals surface area contributed by atoms with Crippen LogP contribution in [0.1, 0.15) is 40.0 Å². The number of hydrogen-bond acceptors (Lipinski definition) is 1. The van der Waals surface area contributed by atoms with Crippen molar-refractivity contribution in [3.8, 4) is 12.3 Å². The van der Waals surface area contributed by atoms with Crippen molar-refractivity contribution in [3.63, 3.8) is 0 Å². The summed E-state index contributed by atoms with van der Waals surface area (Å²) < 4.78 is 0. The van der Waals surface area contributed by atoms with Gasteiger partial charge in [-0.3, -0.25) is 0 Å². The average molecular weight is 180 g/mol. The summed E-state index contributed by atoms with van der Waals surface area (Å²) in [5.74, 6) is 3.93. The van der Waals surface area contributed by atoms with Crippen LogP contribution in [0, 0.1) is 30.1 Å². The van der Waals surface area contributed by atoms with Gasteiger partial charge in [-0.15, -0.1) is 6.42 Å². The number of aliphatic hydroxyl groups is 1. The Labute approximate surface area is 81.5 Å². The standard InChI is InChI=1S/C12H20O/c1-5-12(13)8-10(4)6-7-11(12)9(2)3/h1,9-11,13H,6-8H2,2-4H3/t10-,11+,12-/m0/s1. The second kappa shape index (κ2) is 3.72. The Morgan fingerprint density at radius 1 is 1.46 bits per heavy atom. The van der Waals surface area contributed by atoms with Gasteiger partial charge in [0.1, 0.15) is 5.60 Å². The Kier molecular flexibility index (Phi) is 3.03. The number of terminal acetylenes is 1. The van der Waals surface area contributed by atoms with Crippen molar-refractivity contribution in [3.05, 3.63) is 0 Å². The highest BCUT2D eigenvalue weighted by Gasteiger charge is 2.41. The summed E-state index contributed by atoms with van der Waals surface area (Å²) in [7, 11) is 0. The van der Waals surface area contributed by atoms with E-state index in [0.717, 1.165) is 12.8 Å². The zero-order chi connectivity index (χ0) is 10.1. The molecule has 0 amide bonds. The van der Waals surface area contributed by atoms with Gasteiger partial charge >= 0.3 is 0 Å². The molecule has 1 fully saturated rings. The van der Waals surface area contributed by atoms with Gasteiger partial charge in [-0.2, -0.15) is 0 Å². The van der Waals surface area contributed by atoms with Gasteiger partial charge in [-0.1, -0.05) is 33.1 Å². The van der Waals surface area contributed by atoms with Crippen molar-refractivity contribution >= 4 is 0 Å². The lowest BCUT2D eigenvalue weighted by Gasteiger charge is -2.41. The van der Waals surface area contributed by atoms with Gasteiger partial charge in [0.2, 0.25) is 0 Å². The van der Waals surface area contributed by atoms with Crippen LogP contribution in [0.25, 0.3) is 0 Å². The maximum Gasteiger partial charge on any atom is 0.128 e. The van der Waals surface area contributed by atoms with E-state index < -0.39 is 5.60 Å². The minimum absolute atomic E-state index is 0.286. The molecule has 74 valence electrons. The molecule has 1 saturated carbocycles. The van der Waals surface area contributed by atoms with Gasteiger partial charge in [-0.25, -0.2) is 0 Å². The predicted molar refractivity (Wildman–Crippen MR) is 55.1 cm³/mol. The molecule has 0 bridgehead atoms. The summed E-state index contributed by atoms with van der Waals surface area (Å²) >= 11 is 0. The van der Waals surface area contributed by atoms with Gasteiger partial charge in [-0.05, 0) is 24.7 Å². The lowest BCUT2D eigenvalue weighted by atomic mass is 9.67. The SMILES string of the molecule is C#C[C@]1(O)C[C@@H](C)CC[C@@H]1C(C)C. The second-order valence-electron chi connectivity index (χ2n) is 4.81. The Morgan fingerprint density at radius 2 is 2.08 bits per heavy atom. The molecule has 1 N–H and O–H groups in total. The first kappa shape index (κ1) is 10.6. The van der Waals surface area contributed by atoms with Gasteiger partial charge in [0.05, 0.1) is 0 Å². The van der Waals surface area contributed by atoms with Crippen LogP contribution in [0.15, 0.2) is 0 Å². The Balaban J connectivity index is 2.80. The molecule has 1 nitrogen and oxygen atoms in total. The van der Waals surface area contributed by atoms with E-state index in [1.165, 1.54) is 6.42 Å². The van der Waals surface area contributed by atoms with E-state index in [4.69, 9.17) is 6.42 Å². The van der Waals surface area contributed by atoms with Crippen molar-refractivity contribution in [2.75, 3.05) is 0 Å². The number of hydrogen-bond donors (Lipinski definition) is 1. The van der Waals surface area contributed by atoms with Crippen LogP contribution in [0.4, 0.5) is 0 Å². The van der Waals surface area contributed by atoms with Crippen LogP contribution in [0.2, 0.25) is 0 Å². The molecular formula is C12H20O. The Morgan fingerprint density at radius 3 is 2.54 bits per heavy atom. The molecule has 0 aromatic carbocycles. The lowest BCUT2D eigenvalue weighted by Crippen LogP contribution is -2.44. The molecule has 1 rings (SSSR count). The van der Waals surface area contributed by atoms with Crippen molar-refractivity contribution in [2.24, 2.45) is 17.8 Å². The van der Waals surface area contributed by atoms with Crippen LogP contribution in [0.3, 0.4) is 0 Å².